The summed E-state index contributed by atoms with van der Waals surface area (Å²) in [5.41, 5.74) is -1.17. The van der Waals surface area contributed by atoms with E-state index in [4.69, 9.17) is 4.52 Å². The third-order valence-corrected chi connectivity index (χ3v) is 5.27. The molecule has 0 saturated carbocycles. The molecule has 0 saturated heterocycles. The van der Waals surface area contributed by atoms with Crippen LogP contribution >= 0.6 is 0 Å². The van der Waals surface area contributed by atoms with Gasteiger partial charge < -0.3 is 4.52 Å². The maximum atomic E-state index is 13.2. The molecule has 4 rings (SSSR count). The number of benzene rings is 2. The third-order valence-electron chi connectivity index (χ3n) is 5.27. The van der Waals surface area contributed by atoms with Gasteiger partial charge in [0, 0.05) is 12.1 Å². The van der Waals surface area contributed by atoms with Crippen LogP contribution in [0.2, 0.25) is 0 Å². The second-order valence-corrected chi connectivity index (χ2v) is 8.12. The molecule has 0 spiro atoms. The van der Waals surface area contributed by atoms with Gasteiger partial charge in [-0.3, -0.25) is 13.9 Å². The summed E-state index contributed by atoms with van der Waals surface area (Å²) in [4.78, 5) is 30.2. The Morgan fingerprint density at radius 1 is 1.03 bits per heavy atom. The van der Waals surface area contributed by atoms with Crippen LogP contribution in [-0.4, -0.2) is 19.3 Å². The molecular weight excluding hydrogens is 437 g/mol. The van der Waals surface area contributed by atoms with Crippen LogP contribution in [-0.2, 0) is 19.3 Å². The van der Waals surface area contributed by atoms with E-state index in [-0.39, 0.29) is 35.9 Å². The highest BCUT2D eigenvalue weighted by molar-refractivity contribution is 5.77. The lowest BCUT2D eigenvalue weighted by Crippen LogP contribution is -2.40. The lowest BCUT2D eigenvalue weighted by molar-refractivity contribution is -0.137. The number of hydrogen-bond donors (Lipinski definition) is 0. The predicted octanol–water partition coefficient (Wildman–Crippen LogP) is 4.33. The van der Waals surface area contributed by atoms with E-state index in [1.165, 1.54) is 21.3 Å². The summed E-state index contributed by atoms with van der Waals surface area (Å²) < 4.78 is 46.8. The Hall–Kier alpha value is -3.69. The zero-order valence-electron chi connectivity index (χ0n) is 18.0. The van der Waals surface area contributed by atoms with Gasteiger partial charge >= 0.3 is 11.9 Å². The van der Waals surface area contributed by atoms with Crippen molar-refractivity contribution in [3.8, 4) is 11.4 Å². The van der Waals surface area contributed by atoms with Crippen molar-refractivity contribution in [1.29, 1.82) is 0 Å². The lowest BCUT2D eigenvalue weighted by Gasteiger charge is -2.13. The van der Waals surface area contributed by atoms with Gasteiger partial charge in [0.1, 0.15) is 6.54 Å². The van der Waals surface area contributed by atoms with Crippen molar-refractivity contribution in [2.24, 2.45) is 5.92 Å². The molecule has 4 aromatic rings. The number of fused-ring (bicyclic) bond motifs is 1. The molecule has 0 N–H and O–H groups in total. The summed E-state index contributed by atoms with van der Waals surface area (Å²) in [5, 5.41) is 4.15. The molecule has 2 heterocycles. The number of nitrogens with zero attached hydrogens (tertiary/aromatic N) is 4. The van der Waals surface area contributed by atoms with Crippen molar-refractivity contribution >= 4 is 10.9 Å². The molecule has 0 bridgehead atoms. The van der Waals surface area contributed by atoms with Crippen LogP contribution in [0, 0.1) is 5.92 Å². The van der Waals surface area contributed by atoms with E-state index >= 15 is 0 Å². The average molecular weight is 458 g/mol. The van der Waals surface area contributed by atoms with Crippen LogP contribution in [0.15, 0.2) is 62.6 Å². The van der Waals surface area contributed by atoms with Gasteiger partial charge in [-0.15, -0.1) is 0 Å². The number of para-hydroxylation sites is 1. The number of aromatic nitrogens is 4. The standard InChI is InChI=1S/C23H21F3N4O3/c1-14(2)10-11-29-21(31)17-8-3-4-9-18(17)30(22(29)32)13-19-27-20(28-33-19)15-6-5-7-16(12-15)23(24,25)26/h3-9,12,14H,10-11,13H2,1-2H3. The van der Waals surface area contributed by atoms with E-state index in [2.05, 4.69) is 10.1 Å². The molecule has 0 aliphatic rings. The van der Waals surface area contributed by atoms with Gasteiger partial charge in [0.2, 0.25) is 11.7 Å². The number of halogens is 3. The first-order chi connectivity index (χ1) is 15.6. The van der Waals surface area contributed by atoms with Gasteiger partial charge in [-0.1, -0.05) is 43.3 Å². The van der Waals surface area contributed by atoms with E-state index < -0.39 is 17.4 Å². The van der Waals surface area contributed by atoms with Crippen molar-refractivity contribution in [3.05, 3.63) is 80.8 Å². The Morgan fingerprint density at radius 3 is 2.52 bits per heavy atom. The minimum Gasteiger partial charge on any atom is -0.337 e. The topological polar surface area (TPSA) is 82.9 Å². The predicted molar refractivity (Wildman–Crippen MR) is 116 cm³/mol. The van der Waals surface area contributed by atoms with E-state index in [9.17, 15) is 22.8 Å². The van der Waals surface area contributed by atoms with Crippen LogP contribution in [0.5, 0.6) is 0 Å². The van der Waals surface area contributed by atoms with E-state index in [0.717, 1.165) is 12.1 Å². The van der Waals surface area contributed by atoms with Crippen LogP contribution in [0.3, 0.4) is 0 Å². The quantitative estimate of drug-likeness (QED) is 0.430. The Labute approximate surface area is 186 Å². The molecule has 7 nitrogen and oxygen atoms in total. The summed E-state index contributed by atoms with van der Waals surface area (Å²) in [6.45, 7) is 4.13. The van der Waals surface area contributed by atoms with Crippen molar-refractivity contribution < 1.29 is 17.7 Å². The molecule has 33 heavy (non-hydrogen) atoms. The Balaban J connectivity index is 1.74. The maximum absolute atomic E-state index is 13.2. The van der Waals surface area contributed by atoms with Crippen LogP contribution in [0.25, 0.3) is 22.3 Å². The first-order valence-electron chi connectivity index (χ1n) is 10.4. The summed E-state index contributed by atoms with van der Waals surface area (Å²) >= 11 is 0. The molecule has 0 unspecified atom stereocenters. The normalized spacial score (nSPS) is 12.1. The molecule has 0 aliphatic heterocycles. The number of alkyl halides is 3. The lowest BCUT2D eigenvalue weighted by atomic mass is 10.1. The number of hydrogen-bond acceptors (Lipinski definition) is 5. The summed E-state index contributed by atoms with van der Waals surface area (Å²) in [7, 11) is 0. The van der Waals surface area contributed by atoms with E-state index in [1.54, 1.807) is 24.3 Å². The maximum Gasteiger partial charge on any atom is 0.416 e. The Morgan fingerprint density at radius 2 is 1.79 bits per heavy atom. The summed E-state index contributed by atoms with van der Waals surface area (Å²) in [5.74, 6) is 0.299. The summed E-state index contributed by atoms with van der Waals surface area (Å²) in [6, 6.07) is 11.3. The van der Waals surface area contributed by atoms with Gasteiger partial charge in [-0.2, -0.15) is 18.2 Å². The minimum atomic E-state index is -4.50. The first kappa shape index (κ1) is 22.5. The smallest absolute Gasteiger partial charge is 0.337 e. The van der Waals surface area contributed by atoms with Crippen molar-refractivity contribution in [2.45, 2.75) is 39.5 Å². The Bertz CT molecular complexity index is 1420. The van der Waals surface area contributed by atoms with Gasteiger partial charge in [0.25, 0.3) is 5.56 Å². The molecule has 0 atom stereocenters. The monoisotopic (exact) mass is 458 g/mol. The first-order valence-corrected chi connectivity index (χ1v) is 10.4. The zero-order valence-corrected chi connectivity index (χ0v) is 18.0. The van der Waals surface area contributed by atoms with Crippen LogP contribution in [0.4, 0.5) is 13.2 Å². The Kier molecular flexibility index (Phi) is 5.92. The highest BCUT2D eigenvalue weighted by Gasteiger charge is 2.30. The fourth-order valence-electron chi connectivity index (χ4n) is 3.51. The second-order valence-electron chi connectivity index (χ2n) is 8.12. The summed E-state index contributed by atoms with van der Waals surface area (Å²) in [6.07, 6.45) is -3.85. The molecule has 0 fully saturated rings. The SMILES string of the molecule is CC(C)CCn1c(=O)c2ccccc2n(Cc2nc(-c3cccc(C(F)(F)F)c3)no2)c1=O. The van der Waals surface area contributed by atoms with Crippen molar-refractivity contribution in [1.82, 2.24) is 19.3 Å². The van der Waals surface area contributed by atoms with E-state index in [1.807, 2.05) is 13.8 Å². The van der Waals surface area contributed by atoms with Gasteiger partial charge in [-0.25, -0.2) is 4.79 Å². The van der Waals surface area contributed by atoms with Gasteiger partial charge in [0.15, 0.2) is 0 Å². The molecule has 0 radical (unpaired) electrons. The molecule has 10 heteroatoms. The fraction of sp³-hybridized carbons (Fsp3) is 0.304. The molecule has 172 valence electrons. The highest BCUT2D eigenvalue weighted by atomic mass is 19.4. The van der Waals surface area contributed by atoms with Gasteiger partial charge in [-0.05, 0) is 36.6 Å². The second kappa shape index (κ2) is 8.68. The third kappa shape index (κ3) is 4.59. The van der Waals surface area contributed by atoms with Crippen LogP contribution in [0.1, 0.15) is 31.7 Å². The van der Waals surface area contributed by atoms with Crippen molar-refractivity contribution in [3.63, 3.8) is 0 Å². The molecule has 2 aromatic heterocycles. The molecule has 0 aliphatic carbocycles. The zero-order chi connectivity index (χ0) is 23.8. The molecule has 0 amide bonds. The number of rotatable bonds is 6. The fourth-order valence-corrected chi connectivity index (χ4v) is 3.51. The van der Waals surface area contributed by atoms with E-state index in [0.29, 0.717) is 23.2 Å². The largest absolute Gasteiger partial charge is 0.416 e. The van der Waals surface area contributed by atoms with Gasteiger partial charge in [0.05, 0.1) is 16.5 Å². The highest BCUT2D eigenvalue weighted by Crippen LogP contribution is 2.31. The van der Waals surface area contributed by atoms with Crippen LogP contribution < -0.4 is 11.2 Å². The molecular formula is C23H21F3N4O3. The minimum absolute atomic E-state index is 0.0263. The average Bonchev–Trinajstić information content (AvgIpc) is 3.25. The van der Waals surface area contributed by atoms with Crippen molar-refractivity contribution in [2.75, 3.05) is 0 Å². The molecule has 2 aromatic carbocycles.